The first-order valence-electron chi connectivity index (χ1n) is 7.26. The number of piperazine rings is 1. The summed E-state index contributed by atoms with van der Waals surface area (Å²) in [6.45, 7) is 4.07. The second-order valence-corrected chi connectivity index (χ2v) is 8.84. The summed E-state index contributed by atoms with van der Waals surface area (Å²) >= 11 is 1.70. The van der Waals surface area contributed by atoms with Crippen molar-refractivity contribution in [2.45, 2.75) is 13.0 Å². The van der Waals surface area contributed by atoms with Crippen molar-refractivity contribution in [3.8, 4) is 0 Å². The summed E-state index contributed by atoms with van der Waals surface area (Å²) in [5.74, 6) is -0.0626. The van der Waals surface area contributed by atoms with Crippen molar-refractivity contribution in [1.29, 1.82) is 0 Å². The number of carbonyl (C=O) groups is 1. The summed E-state index contributed by atoms with van der Waals surface area (Å²) in [6.07, 6.45) is 0.496. The maximum Gasteiger partial charge on any atom is 0.226 e. The van der Waals surface area contributed by atoms with Gasteiger partial charge in [0.1, 0.15) is 0 Å². The van der Waals surface area contributed by atoms with Gasteiger partial charge in [-0.1, -0.05) is 0 Å². The fourth-order valence-corrected chi connectivity index (χ4v) is 5.41. The Morgan fingerprint density at radius 3 is 2.62 bits per heavy atom. The Hall–Kier alpha value is -0.920. The van der Waals surface area contributed by atoms with Gasteiger partial charge in [-0.25, -0.2) is 8.42 Å². The van der Waals surface area contributed by atoms with Gasteiger partial charge in [-0.15, -0.1) is 0 Å². The molecular weight excluding hydrogens is 308 g/mol. The summed E-state index contributed by atoms with van der Waals surface area (Å²) < 4.78 is 23.0. The monoisotopic (exact) mass is 328 g/mol. The molecule has 0 spiro atoms. The molecule has 116 valence electrons. The van der Waals surface area contributed by atoms with Gasteiger partial charge in [0.25, 0.3) is 0 Å². The molecule has 1 atom stereocenters. The number of rotatable bonds is 3. The third-order valence-electron chi connectivity index (χ3n) is 4.25. The molecule has 21 heavy (non-hydrogen) atoms. The number of hydrogen-bond acceptors (Lipinski definition) is 5. The molecule has 0 unspecified atom stereocenters. The number of carbonyl (C=O) groups excluding carboxylic acids is 1. The number of hydrogen-bond donors (Lipinski definition) is 0. The Balaban J connectivity index is 1.50. The van der Waals surface area contributed by atoms with Gasteiger partial charge in [0.2, 0.25) is 5.91 Å². The molecule has 0 radical (unpaired) electrons. The van der Waals surface area contributed by atoms with Crippen molar-refractivity contribution >= 4 is 27.1 Å². The molecule has 7 heteroatoms. The van der Waals surface area contributed by atoms with Crippen molar-refractivity contribution in [2.24, 2.45) is 5.92 Å². The Labute approximate surface area is 129 Å². The normalized spacial score (nSPS) is 26.1. The van der Waals surface area contributed by atoms with Crippen LogP contribution in [0.2, 0.25) is 0 Å². The minimum atomic E-state index is -2.98. The maximum absolute atomic E-state index is 12.4. The van der Waals surface area contributed by atoms with E-state index in [1.807, 2.05) is 4.90 Å². The van der Waals surface area contributed by atoms with Gasteiger partial charge in [0, 0.05) is 32.7 Å². The van der Waals surface area contributed by atoms with Gasteiger partial charge in [-0.05, 0) is 28.8 Å². The Kier molecular flexibility index (Phi) is 4.33. The standard InChI is InChI=1S/C14H20N2O3S2/c17-14(13-2-8-21(18,19)11-13)16-5-3-15(4-6-16)9-12-1-7-20-10-12/h1,7,10,13H,2-6,8-9,11H2/t13-/m0/s1. The third-order valence-corrected chi connectivity index (χ3v) is 6.75. The first-order chi connectivity index (χ1) is 10.0. The predicted octanol–water partition coefficient (Wildman–Crippen LogP) is 0.827. The number of thiophene rings is 1. The van der Waals surface area contributed by atoms with E-state index in [0.717, 1.165) is 19.6 Å². The molecule has 0 bridgehead atoms. The molecule has 3 rings (SSSR count). The molecule has 2 fully saturated rings. The second kappa shape index (κ2) is 6.06. The van der Waals surface area contributed by atoms with E-state index in [0.29, 0.717) is 19.5 Å². The smallest absolute Gasteiger partial charge is 0.226 e. The second-order valence-electron chi connectivity index (χ2n) is 5.83. The molecule has 0 saturated carbocycles. The van der Waals surface area contributed by atoms with Gasteiger partial charge in [-0.2, -0.15) is 11.3 Å². The summed E-state index contributed by atoms with van der Waals surface area (Å²) in [5.41, 5.74) is 1.32. The molecule has 0 N–H and O–H groups in total. The lowest BCUT2D eigenvalue weighted by atomic mass is 10.1. The Morgan fingerprint density at radius 2 is 2.05 bits per heavy atom. The fourth-order valence-electron chi connectivity index (χ4n) is 3.02. The predicted molar refractivity (Wildman–Crippen MR) is 82.9 cm³/mol. The molecule has 3 heterocycles. The van der Waals surface area contributed by atoms with Crippen LogP contribution in [0, 0.1) is 5.92 Å². The van der Waals surface area contributed by atoms with Crippen LogP contribution in [0.25, 0.3) is 0 Å². The van der Waals surface area contributed by atoms with E-state index in [2.05, 4.69) is 21.7 Å². The van der Waals surface area contributed by atoms with E-state index in [1.165, 1.54) is 5.56 Å². The van der Waals surface area contributed by atoms with E-state index in [-0.39, 0.29) is 23.3 Å². The number of sulfone groups is 1. The summed E-state index contributed by atoms with van der Waals surface area (Å²) in [5, 5.41) is 4.23. The van der Waals surface area contributed by atoms with Crippen LogP contribution in [0.5, 0.6) is 0 Å². The number of amides is 1. The van der Waals surface area contributed by atoms with E-state index >= 15 is 0 Å². The summed E-state index contributed by atoms with van der Waals surface area (Å²) in [6, 6.07) is 2.13. The first-order valence-corrected chi connectivity index (χ1v) is 10.0. The maximum atomic E-state index is 12.4. The van der Waals surface area contributed by atoms with Crippen LogP contribution >= 0.6 is 11.3 Å². The van der Waals surface area contributed by atoms with E-state index in [9.17, 15) is 13.2 Å². The lowest BCUT2D eigenvalue weighted by Crippen LogP contribution is -2.50. The average Bonchev–Trinajstić information content (AvgIpc) is 3.08. The molecule has 2 aliphatic heterocycles. The Bertz CT molecular complexity index is 590. The molecule has 2 saturated heterocycles. The fraction of sp³-hybridized carbons (Fsp3) is 0.643. The van der Waals surface area contributed by atoms with Crippen LogP contribution in [0.15, 0.2) is 16.8 Å². The molecule has 2 aliphatic rings. The van der Waals surface area contributed by atoms with Gasteiger partial charge in [0.15, 0.2) is 9.84 Å². The van der Waals surface area contributed by atoms with Crippen molar-refractivity contribution in [1.82, 2.24) is 9.80 Å². The highest BCUT2D eigenvalue weighted by Gasteiger charge is 2.36. The SMILES string of the molecule is O=C([C@H]1CCS(=O)(=O)C1)N1CCN(Cc2ccsc2)CC1. The van der Waals surface area contributed by atoms with Crippen LogP contribution < -0.4 is 0 Å². The van der Waals surface area contributed by atoms with Crippen molar-refractivity contribution in [2.75, 3.05) is 37.7 Å². The first kappa shape index (κ1) is 15.0. The van der Waals surface area contributed by atoms with Gasteiger partial charge < -0.3 is 4.90 Å². The molecule has 1 aromatic rings. The van der Waals surface area contributed by atoms with Gasteiger partial charge in [-0.3, -0.25) is 9.69 Å². The molecule has 0 aromatic carbocycles. The molecule has 5 nitrogen and oxygen atoms in total. The highest BCUT2D eigenvalue weighted by atomic mass is 32.2. The van der Waals surface area contributed by atoms with Gasteiger partial charge >= 0.3 is 0 Å². The van der Waals surface area contributed by atoms with Crippen LogP contribution in [0.4, 0.5) is 0 Å². The molecular formula is C14H20N2O3S2. The lowest BCUT2D eigenvalue weighted by molar-refractivity contribution is -0.136. The van der Waals surface area contributed by atoms with Crippen LogP contribution in [0.3, 0.4) is 0 Å². The molecule has 1 aromatic heterocycles. The van der Waals surface area contributed by atoms with Gasteiger partial charge in [0.05, 0.1) is 17.4 Å². The van der Waals surface area contributed by atoms with Crippen LogP contribution in [0.1, 0.15) is 12.0 Å². The van der Waals surface area contributed by atoms with Crippen molar-refractivity contribution < 1.29 is 13.2 Å². The van der Waals surface area contributed by atoms with Crippen molar-refractivity contribution in [3.63, 3.8) is 0 Å². The Morgan fingerprint density at radius 1 is 1.29 bits per heavy atom. The van der Waals surface area contributed by atoms with E-state index < -0.39 is 9.84 Å². The van der Waals surface area contributed by atoms with Crippen LogP contribution in [-0.4, -0.2) is 61.8 Å². The highest BCUT2D eigenvalue weighted by Crippen LogP contribution is 2.21. The zero-order valence-electron chi connectivity index (χ0n) is 11.9. The summed E-state index contributed by atoms with van der Waals surface area (Å²) in [4.78, 5) is 16.5. The summed E-state index contributed by atoms with van der Waals surface area (Å²) in [7, 11) is -2.98. The minimum absolute atomic E-state index is 0.0336. The largest absolute Gasteiger partial charge is 0.340 e. The van der Waals surface area contributed by atoms with Crippen LogP contribution in [-0.2, 0) is 21.2 Å². The van der Waals surface area contributed by atoms with E-state index in [4.69, 9.17) is 0 Å². The highest BCUT2D eigenvalue weighted by molar-refractivity contribution is 7.91. The van der Waals surface area contributed by atoms with E-state index in [1.54, 1.807) is 11.3 Å². The zero-order valence-corrected chi connectivity index (χ0v) is 13.5. The minimum Gasteiger partial charge on any atom is -0.340 e. The quantitative estimate of drug-likeness (QED) is 0.825. The lowest BCUT2D eigenvalue weighted by Gasteiger charge is -2.35. The third kappa shape index (κ3) is 3.64. The number of nitrogens with zero attached hydrogens (tertiary/aromatic N) is 2. The topological polar surface area (TPSA) is 57.7 Å². The zero-order chi connectivity index (χ0) is 14.9. The van der Waals surface area contributed by atoms with Crippen molar-refractivity contribution in [3.05, 3.63) is 22.4 Å². The molecule has 1 amide bonds. The molecule has 0 aliphatic carbocycles. The average molecular weight is 328 g/mol.